The molecule has 4 aromatic rings. The lowest BCUT2D eigenvalue weighted by atomic mass is 10.0. The number of nitrogens with zero attached hydrogens (tertiary/aromatic N) is 6. The molecule has 0 spiro atoms. The molecule has 1 aliphatic rings. The Hall–Kier alpha value is -4.07. The maximum absolute atomic E-state index is 12.2. The normalized spacial score (nSPS) is 14.7. The average Bonchev–Trinajstić information content (AvgIpc) is 2.93. The number of aromatic nitrogens is 4. The van der Waals surface area contributed by atoms with E-state index in [9.17, 15) is 4.79 Å². The molecular weight excluding hydrogens is 438 g/mol. The summed E-state index contributed by atoms with van der Waals surface area (Å²) in [7, 11) is 0. The van der Waals surface area contributed by atoms with E-state index in [0.717, 1.165) is 72.1 Å². The van der Waals surface area contributed by atoms with Crippen LogP contribution in [0.4, 0.5) is 17.3 Å². The van der Waals surface area contributed by atoms with Crippen molar-refractivity contribution in [2.45, 2.75) is 20.3 Å². The van der Waals surface area contributed by atoms with Gasteiger partial charge in [0.15, 0.2) is 0 Å². The van der Waals surface area contributed by atoms with Gasteiger partial charge in [-0.1, -0.05) is 32.0 Å². The summed E-state index contributed by atoms with van der Waals surface area (Å²) in [5, 5.41) is 2.98. The van der Waals surface area contributed by atoms with Crippen molar-refractivity contribution in [1.29, 1.82) is 0 Å². The number of carbonyl (C=O) groups excluding carboxylic acids is 1. The molecule has 3 heterocycles. The fourth-order valence-corrected chi connectivity index (χ4v) is 4.15. The van der Waals surface area contributed by atoms with E-state index in [2.05, 4.69) is 42.2 Å². The van der Waals surface area contributed by atoms with Crippen molar-refractivity contribution < 1.29 is 4.79 Å². The third-order valence-electron chi connectivity index (χ3n) is 6.55. The first kappa shape index (κ1) is 22.7. The van der Waals surface area contributed by atoms with Crippen LogP contribution in [-0.4, -0.2) is 52.0 Å². The van der Waals surface area contributed by atoms with E-state index in [1.54, 1.807) is 18.6 Å². The monoisotopic (exact) mass is 467 g/mol. The fraction of sp³-hybridized carbons (Fsp3) is 0.296. The third-order valence-corrected chi connectivity index (χ3v) is 6.55. The summed E-state index contributed by atoms with van der Waals surface area (Å²) in [6.45, 7) is 7.37. The van der Waals surface area contributed by atoms with Crippen LogP contribution in [0.2, 0.25) is 0 Å². The molecule has 0 saturated carbocycles. The molecule has 0 aliphatic carbocycles. The first-order chi connectivity index (χ1) is 17.1. The molecule has 1 N–H and O–H groups in total. The van der Waals surface area contributed by atoms with E-state index < -0.39 is 0 Å². The fourth-order valence-electron chi connectivity index (χ4n) is 4.15. The largest absolute Gasteiger partial charge is 0.352 e. The lowest BCUT2D eigenvalue weighted by molar-refractivity contribution is -0.119. The molecule has 1 atom stereocenters. The smallest absolute Gasteiger partial charge is 0.227 e. The van der Waals surface area contributed by atoms with E-state index in [1.807, 2.05) is 50.4 Å². The van der Waals surface area contributed by atoms with E-state index in [-0.39, 0.29) is 11.8 Å². The maximum Gasteiger partial charge on any atom is 0.227 e. The first-order valence-electron chi connectivity index (χ1n) is 12.0. The summed E-state index contributed by atoms with van der Waals surface area (Å²) in [5.74, 6) is 1.84. The van der Waals surface area contributed by atoms with Gasteiger partial charge in [0.1, 0.15) is 11.6 Å². The zero-order chi connectivity index (χ0) is 24.2. The lowest BCUT2D eigenvalue weighted by Crippen LogP contribution is -2.47. The topological polar surface area (TPSA) is 87.1 Å². The van der Waals surface area contributed by atoms with Gasteiger partial charge in [0.05, 0.1) is 23.4 Å². The Morgan fingerprint density at radius 2 is 1.60 bits per heavy atom. The van der Waals surface area contributed by atoms with Crippen LogP contribution in [0.25, 0.3) is 22.2 Å². The Labute approximate surface area is 205 Å². The molecule has 5 rings (SSSR count). The van der Waals surface area contributed by atoms with Gasteiger partial charge >= 0.3 is 0 Å². The SMILES string of the molecule is CCC(C)C(=O)Nc1ccc(-c2ccc3ncc(N4CCN(c5cnccn5)CC4)nc3c2)cc1. The number of benzene rings is 2. The summed E-state index contributed by atoms with van der Waals surface area (Å²) in [6, 6.07) is 14.1. The summed E-state index contributed by atoms with van der Waals surface area (Å²) in [4.78, 5) is 34.8. The number of fused-ring (bicyclic) bond motifs is 1. The third kappa shape index (κ3) is 5.06. The molecule has 8 heteroatoms. The molecule has 2 aromatic carbocycles. The molecule has 2 aromatic heterocycles. The van der Waals surface area contributed by atoms with Gasteiger partial charge in [0, 0.05) is 50.2 Å². The van der Waals surface area contributed by atoms with Gasteiger partial charge in [0.25, 0.3) is 0 Å². The van der Waals surface area contributed by atoms with Gasteiger partial charge in [-0.3, -0.25) is 14.8 Å². The molecule has 1 saturated heterocycles. The van der Waals surface area contributed by atoms with E-state index in [1.165, 1.54) is 0 Å². The summed E-state index contributed by atoms with van der Waals surface area (Å²) in [6.07, 6.45) is 7.90. The average molecular weight is 468 g/mol. The van der Waals surface area contributed by atoms with Crippen molar-refractivity contribution in [3.8, 4) is 11.1 Å². The van der Waals surface area contributed by atoms with Crippen molar-refractivity contribution in [1.82, 2.24) is 19.9 Å². The number of rotatable bonds is 6. The quantitative estimate of drug-likeness (QED) is 0.450. The second kappa shape index (κ2) is 10.0. The number of anilines is 3. The zero-order valence-electron chi connectivity index (χ0n) is 20.1. The van der Waals surface area contributed by atoms with Gasteiger partial charge in [0.2, 0.25) is 5.91 Å². The summed E-state index contributed by atoms with van der Waals surface area (Å²) in [5.41, 5.74) is 4.68. The van der Waals surface area contributed by atoms with Crippen LogP contribution in [-0.2, 0) is 4.79 Å². The Morgan fingerprint density at radius 1 is 0.886 bits per heavy atom. The second-order valence-electron chi connectivity index (χ2n) is 8.85. The molecule has 1 aliphatic heterocycles. The van der Waals surface area contributed by atoms with E-state index in [4.69, 9.17) is 4.98 Å². The number of hydrogen-bond donors (Lipinski definition) is 1. The van der Waals surface area contributed by atoms with Gasteiger partial charge in [-0.25, -0.2) is 9.97 Å². The highest BCUT2D eigenvalue weighted by molar-refractivity contribution is 5.92. The highest BCUT2D eigenvalue weighted by Crippen LogP contribution is 2.26. The summed E-state index contributed by atoms with van der Waals surface area (Å²) < 4.78 is 0. The van der Waals surface area contributed by atoms with Crippen molar-refractivity contribution >= 4 is 34.3 Å². The Balaban J connectivity index is 1.30. The lowest BCUT2D eigenvalue weighted by Gasteiger charge is -2.35. The van der Waals surface area contributed by atoms with Gasteiger partial charge in [-0.15, -0.1) is 0 Å². The predicted octanol–water partition coefficient (Wildman–Crippen LogP) is 4.40. The minimum Gasteiger partial charge on any atom is -0.352 e. The molecule has 1 unspecified atom stereocenters. The van der Waals surface area contributed by atoms with Crippen molar-refractivity contribution in [3.05, 3.63) is 67.3 Å². The Morgan fingerprint density at radius 3 is 2.29 bits per heavy atom. The second-order valence-corrected chi connectivity index (χ2v) is 8.85. The zero-order valence-corrected chi connectivity index (χ0v) is 20.1. The molecule has 1 amide bonds. The molecule has 8 nitrogen and oxygen atoms in total. The van der Waals surface area contributed by atoms with Gasteiger partial charge < -0.3 is 15.1 Å². The Kier molecular flexibility index (Phi) is 6.52. The molecule has 0 radical (unpaired) electrons. The van der Waals surface area contributed by atoms with Gasteiger partial charge in [-0.2, -0.15) is 0 Å². The molecule has 35 heavy (non-hydrogen) atoms. The minimum absolute atomic E-state index is 0.00192. The van der Waals surface area contributed by atoms with Crippen molar-refractivity contribution in [3.63, 3.8) is 0 Å². The van der Waals surface area contributed by atoms with E-state index in [0.29, 0.717) is 0 Å². The number of carbonyl (C=O) groups is 1. The van der Waals surface area contributed by atoms with Crippen LogP contribution in [0, 0.1) is 5.92 Å². The molecular formula is C27H29N7O. The van der Waals surface area contributed by atoms with E-state index >= 15 is 0 Å². The molecule has 178 valence electrons. The number of hydrogen-bond acceptors (Lipinski definition) is 7. The number of piperazine rings is 1. The van der Waals surface area contributed by atoms with Crippen molar-refractivity contribution in [2.75, 3.05) is 41.3 Å². The Bertz CT molecular complexity index is 1300. The van der Waals surface area contributed by atoms with Crippen LogP contribution in [0.3, 0.4) is 0 Å². The van der Waals surface area contributed by atoms with Crippen LogP contribution in [0.1, 0.15) is 20.3 Å². The van der Waals surface area contributed by atoms with Crippen molar-refractivity contribution in [2.24, 2.45) is 5.92 Å². The number of amides is 1. The predicted molar refractivity (Wildman–Crippen MR) is 140 cm³/mol. The van der Waals surface area contributed by atoms with Gasteiger partial charge in [-0.05, 0) is 41.8 Å². The molecule has 1 fully saturated rings. The summed E-state index contributed by atoms with van der Waals surface area (Å²) >= 11 is 0. The highest BCUT2D eigenvalue weighted by atomic mass is 16.1. The first-order valence-corrected chi connectivity index (χ1v) is 12.0. The standard InChI is InChI=1S/C27H29N7O/c1-3-19(2)27(35)31-22-7-4-20(5-8-22)21-6-9-23-24(16-21)32-26(18-30-23)34-14-12-33(13-15-34)25-17-28-10-11-29-25/h4-11,16-19H,3,12-15H2,1-2H3,(H,31,35). The number of nitrogens with one attached hydrogen (secondary N) is 1. The van der Waals surface area contributed by atoms with Crippen LogP contribution < -0.4 is 15.1 Å². The highest BCUT2D eigenvalue weighted by Gasteiger charge is 2.20. The van der Waals surface area contributed by atoms with Crippen LogP contribution in [0.15, 0.2) is 67.3 Å². The van der Waals surface area contributed by atoms with Crippen LogP contribution in [0.5, 0.6) is 0 Å². The molecule has 0 bridgehead atoms. The van der Waals surface area contributed by atoms with Crippen LogP contribution >= 0.6 is 0 Å². The maximum atomic E-state index is 12.2. The minimum atomic E-state index is -0.00192.